The lowest BCUT2D eigenvalue weighted by Gasteiger charge is -2.34. The van der Waals surface area contributed by atoms with Crippen molar-refractivity contribution in [1.29, 1.82) is 5.26 Å². The molecule has 1 saturated heterocycles. The van der Waals surface area contributed by atoms with Crippen LogP contribution in [0.25, 0.3) is 11.3 Å². The number of aromatic nitrogens is 3. The van der Waals surface area contributed by atoms with Crippen LogP contribution in [0.1, 0.15) is 37.0 Å². The van der Waals surface area contributed by atoms with Gasteiger partial charge in [-0.15, -0.1) is 0 Å². The first-order valence-corrected chi connectivity index (χ1v) is 11.7. The molecule has 0 saturated carbocycles. The molecule has 0 radical (unpaired) electrons. The van der Waals surface area contributed by atoms with Crippen LogP contribution < -0.4 is 10.9 Å². The van der Waals surface area contributed by atoms with E-state index in [0.717, 1.165) is 41.8 Å². The summed E-state index contributed by atoms with van der Waals surface area (Å²) in [5, 5.41) is 12.5. The fourth-order valence-corrected chi connectivity index (χ4v) is 4.86. The molecule has 1 aliphatic carbocycles. The van der Waals surface area contributed by atoms with Gasteiger partial charge in [-0.1, -0.05) is 13.8 Å². The summed E-state index contributed by atoms with van der Waals surface area (Å²) in [6, 6.07) is 9.07. The molecule has 0 spiro atoms. The van der Waals surface area contributed by atoms with Crippen LogP contribution in [-0.4, -0.2) is 45.2 Å². The first kappa shape index (κ1) is 23.1. The van der Waals surface area contributed by atoms with Crippen molar-refractivity contribution in [3.63, 3.8) is 0 Å². The molecule has 9 heteroatoms. The first-order valence-electron chi connectivity index (χ1n) is 11.7. The average molecular weight is 477 g/mol. The summed E-state index contributed by atoms with van der Waals surface area (Å²) in [7, 11) is 0. The molecule has 5 rings (SSSR count). The molecule has 0 atom stereocenters. The quantitative estimate of drug-likeness (QED) is 0.580. The summed E-state index contributed by atoms with van der Waals surface area (Å²) < 4.78 is 28.6. The molecule has 7 nitrogen and oxygen atoms in total. The Morgan fingerprint density at radius 3 is 2.80 bits per heavy atom. The summed E-state index contributed by atoms with van der Waals surface area (Å²) in [6.07, 6.45) is 3.73. The molecule has 1 aromatic carbocycles. The van der Waals surface area contributed by atoms with Crippen LogP contribution in [0.5, 0.6) is 0 Å². The smallest absolute Gasteiger partial charge is 0.274 e. The van der Waals surface area contributed by atoms with Gasteiger partial charge in [0, 0.05) is 50.2 Å². The molecular weight excluding hydrogens is 450 g/mol. The van der Waals surface area contributed by atoms with E-state index in [2.05, 4.69) is 41.3 Å². The Bertz CT molecular complexity index is 1390. The zero-order chi connectivity index (χ0) is 24.7. The van der Waals surface area contributed by atoms with E-state index in [-0.39, 0.29) is 23.6 Å². The van der Waals surface area contributed by atoms with Gasteiger partial charge in [-0.3, -0.25) is 9.69 Å². The van der Waals surface area contributed by atoms with Crippen LogP contribution in [0.4, 0.5) is 20.4 Å². The van der Waals surface area contributed by atoms with Gasteiger partial charge in [0.25, 0.3) is 5.56 Å². The van der Waals surface area contributed by atoms with E-state index < -0.39 is 17.5 Å². The van der Waals surface area contributed by atoms with E-state index in [4.69, 9.17) is 0 Å². The maximum atomic E-state index is 14.3. The minimum Gasteiger partial charge on any atom is -0.319 e. The number of pyridine rings is 1. The molecule has 180 valence electrons. The Labute approximate surface area is 202 Å². The van der Waals surface area contributed by atoms with Gasteiger partial charge in [0.05, 0.1) is 17.3 Å². The molecule has 3 heterocycles. The van der Waals surface area contributed by atoms with Gasteiger partial charge in [0.15, 0.2) is 0 Å². The van der Waals surface area contributed by atoms with Crippen LogP contribution in [0, 0.1) is 17.1 Å². The number of likely N-dealkylation sites (tertiary alicyclic amines) is 1. The standard InChI is InChI=1S/C26H26F2N6O/c1-26(2)5-3-20-17(12-29)9-16(10-21(20)26)22-4-6-30-25(31-22)32-23-11-18(27)15-34(24(23)35)8-7-33-13-19(28)14-33/h4,6,9-11,15,19H,3,5,7-8,13-14H2,1-2H3,(H,30,31,32). The van der Waals surface area contributed by atoms with Crippen molar-refractivity contribution in [3.8, 4) is 17.3 Å². The van der Waals surface area contributed by atoms with Crippen LogP contribution >= 0.6 is 0 Å². The summed E-state index contributed by atoms with van der Waals surface area (Å²) >= 11 is 0. The van der Waals surface area contributed by atoms with Crippen LogP contribution in [0.3, 0.4) is 0 Å². The molecule has 1 N–H and O–H groups in total. The number of halogens is 2. The highest BCUT2D eigenvalue weighted by atomic mass is 19.1. The summed E-state index contributed by atoms with van der Waals surface area (Å²) in [6.45, 7) is 5.73. The number of fused-ring (bicyclic) bond motifs is 1. The van der Waals surface area contributed by atoms with E-state index in [9.17, 15) is 18.8 Å². The van der Waals surface area contributed by atoms with E-state index in [1.165, 1.54) is 4.57 Å². The third kappa shape index (κ3) is 4.54. The predicted octanol–water partition coefficient (Wildman–Crippen LogP) is 3.94. The summed E-state index contributed by atoms with van der Waals surface area (Å²) in [5.74, 6) is -0.423. The fourth-order valence-electron chi connectivity index (χ4n) is 4.86. The largest absolute Gasteiger partial charge is 0.319 e. The Balaban J connectivity index is 1.42. The minimum atomic E-state index is -0.832. The zero-order valence-electron chi connectivity index (χ0n) is 19.7. The topological polar surface area (TPSA) is 86.8 Å². The van der Waals surface area contributed by atoms with Gasteiger partial charge in [0.1, 0.15) is 17.7 Å². The average Bonchev–Trinajstić information content (AvgIpc) is 3.12. The molecule has 1 aliphatic heterocycles. The van der Waals surface area contributed by atoms with Gasteiger partial charge in [-0.05, 0) is 47.6 Å². The maximum Gasteiger partial charge on any atom is 0.274 e. The molecule has 3 aromatic rings. The Kier molecular flexibility index (Phi) is 5.85. The van der Waals surface area contributed by atoms with Crippen molar-refractivity contribution in [2.24, 2.45) is 0 Å². The lowest BCUT2D eigenvalue weighted by Crippen LogP contribution is -2.49. The highest BCUT2D eigenvalue weighted by molar-refractivity contribution is 5.68. The second kappa shape index (κ2) is 8.86. The lowest BCUT2D eigenvalue weighted by atomic mass is 9.84. The fraction of sp³-hybridized carbons (Fsp3) is 0.385. The van der Waals surface area contributed by atoms with E-state index in [1.54, 1.807) is 12.3 Å². The van der Waals surface area contributed by atoms with Gasteiger partial charge < -0.3 is 9.88 Å². The highest BCUT2D eigenvalue weighted by Crippen LogP contribution is 2.41. The highest BCUT2D eigenvalue weighted by Gasteiger charge is 2.32. The van der Waals surface area contributed by atoms with Gasteiger partial charge >= 0.3 is 0 Å². The molecule has 0 amide bonds. The van der Waals surface area contributed by atoms with Gasteiger partial charge in [0.2, 0.25) is 5.95 Å². The van der Waals surface area contributed by atoms with Crippen LogP contribution in [0.15, 0.2) is 41.5 Å². The number of alkyl halides is 1. The number of nitrogens with one attached hydrogen (secondary N) is 1. The predicted molar refractivity (Wildman–Crippen MR) is 129 cm³/mol. The molecular formula is C26H26F2N6O. The third-order valence-corrected chi connectivity index (χ3v) is 6.92. The summed E-state index contributed by atoms with van der Waals surface area (Å²) in [5.41, 5.74) is 3.84. The first-order chi connectivity index (χ1) is 16.7. The molecule has 0 bridgehead atoms. The number of hydrogen-bond acceptors (Lipinski definition) is 6. The minimum absolute atomic E-state index is 0.0157. The van der Waals surface area contributed by atoms with Crippen molar-refractivity contribution in [2.45, 2.75) is 44.8 Å². The number of rotatable bonds is 6. The van der Waals surface area contributed by atoms with Gasteiger partial charge in [-0.2, -0.15) is 5.26 Å². The normalized spacial score (nSPS) is 17.0. The van der Waals surface area contributed by atoms with E-state index in [0.29, 0.717) is 30.9 Å². The third-order valence-electron chi connectivity index (χ3n) is 6.92. The van der Waals surface area contributed by atoms with Crippen LogP contribution in [-0.2, 0) is 18.4 Å². The van der Waals surface area contributed by atoms with Crippen molar-refractivity contribution in [3.05, 3.63) is 69.5 Å². The Morgan fingerprint density at radius 1 is 1.26 bits per heavy atom. The number of benzene rings is 1. The van der Waals surface area contributed by atoms with E-state index >= 15 is 0 Å². The van der Waals surface area contributed by atoms with Crippen molar-refractivity contribution < 1.29 is 8.78 Å². The molecule has 2 aromatic heterocycles. The summed E-state index contributed by atoms with van der Waals surface area (Å²) in [4.78, 5) is 23.5. The Hall–Kier alpha value is -3.64. The molecule has 2 aliphatic rings. The van der Waals surface area contributed by atoms with Crippen LogP contribution in [0.2, 0.25) is 0 Å². The number of nitriles is 1. The zero-order valence-corrected chi connectivity index (χ0v) is 19.7. The number of hydrogen-bond donors (Lipinski definition) is 1. The monoisotopic (exact) mass is 476 g/mol. The second-order valence-corrected chi connectivity index (χ2v) is 9.86. The molecule has 1 fully saturated rings. The lowest BCUT2D eigenvalue weighted by molar-refractivity contribution is 0.0625. The molecule has 35 heavy (non-hydrogen) atoms. The van der Waals surface area contributed by atoms with Crippen molar-refractivity contribution >= 4 is 11.6 Å². The van der Waals surface area contributed by atoms with E-state index in [1.807, 2.05) is 11.0 Å². The maximum absolute atomic E-state index is 14.3. The van der Waals surface area contributed by atoms with Crippen molar-refractivity contribution in [1.82, 2.24) is 19.4 Å². The molecule has 0 unspecified atom stereocenters. The Morgan fingerprint density at radius 2 is 2.06 bits per heavy atom. The van der Waals surface area contributed by atoms with Crippen molar-refractivity contribution in [2.75, 3.05) is 25.0 Å². The van der Waals surface area contributed by atoms with Gasteiger partial charge in [-0.25, -0.2) is 18.7 Å². The number of anilines is 2. The second-order valence-electron chi connectivity index (χ2n) is 9.86. The number of nitrogens with zero attached hydrogens (tertiary/aromatic N) is 5. The SMILES string of the molecule is CC1(C)CCc2c(C#N)cc(-c3ccnc(Nc4cc(F)cn(CCN5CC(F)C5)c4=O)n3)cc21.